The smallest absolute Gasteiger partial charge is 0.343 e. The summed E-state index contributed by atoms with van der Waals surface area (Å²) in [6.07, 6.45) is 1.51. The molecule has 1 atom stereocenters. The molecule has 2 rings (SSSR count). The highest BCUT2D eigenvalue weighted by Gasteiger charge is 2.41. The number of halogens is 1. The third-order valence-electron chi connectivity index (χ3n) is 4.03. The summed E-state index contributed by atoms with van der Waals surface area (Å²) >= 11 is 4.10. The van der Waals surface area contributed by atoms with E-state index >= 15 is 0 Å². The van der Waals surface area contributed by atoms with E-state index in [-0.39, 0.29) is 18.1 Å². The fourth-order valence-corrected chi connectivity index (χ4v) is 4.08. The molecule has 2 amide bonds. The Kier molecular flexibility index (Phi) is 8.93. The molecule has 0 unspecified atom stereocenters. The second-order valence-corrected chi connectivity index (χ2v) is 7.96. The zero-order chi connectivity index (χ0) is 23.1. The van der Waals surface area contributed by atoms with Crippen LogP contribution in [-0.4, -0.2) is 61.0 Å². The van der Waals surface area contributed by atoms with Gasteiger partial charge in [0.15, 0.2) is 18.1 Å². The van der Waals surface area contributed by atoms with Crippen LogP contribution >= 0.6 is 27.7 Å². The van der Waals surface area contributed by atoms with Crippen molar-refractivity contribution in [2.24, 2.45) is 0 Å². The van der Waals surface area contributed by atoms with Gasteiger partial charge >= 0.3 is 11.9 Å². The van der Waals surface area contributed by atoms with Gasteiger partial charge in [-0.15, -0.1) is 0 Å². The third kappa shape index (κ3) is 6.01. The number of carbonyl (C=O) groups is 4. The summed E-state index contributed by atoms with van der Waals surface area (Å²) in [5.41, 5.74) is 0.551. The van der Waals surface area contributed by atoms with E-state index in [4.69, 9.17) is 14.2 Å². The minimum atomic E-state index is -1.03. The van der Waals surface area contributed by atoms with Crippen LogP contribution in [-0.2, 0) is 23.9 Å². The molecule has 1 aromatic carbocycles. The van der Waals surface area contributed by atoms with Crippen molar-refractivity contribution in [1.29, 1.82) is 0 Å². The summed E-state index contributed by atoms with van der Waals surface area (Å²) < 4.78 is 21.0. The van der Waals surface area contributed by atoms with E-state index in [0.29, 0.717) is 28.1 Å². The third-order valence-corrected chi connectivity index (χ3v) is 5.50. The SMILES string of the molecule is CCOC(=O)[C@H](C)N1C(=O)S/C(=C/c2cc(Br)c(OCC(=O)OC)c(OCC)c2)C1=O. The molecule has 11 heteroatoms. The number of hydrogen-bond donors (Lipinski definition) is 0. The first-order valence-electron chi connectivity index (χ1n) is 9.33. The highest BCUT2D eigenvalue weighted by molar-refractivity contribution is 9.10. The fraction of sp³-hybridized carbons (Fsp3) is 0.400. The Balaban J connectivity index is 2.32. The summed E-state index contributed by atoms with van der Waals surface area (Å²) in [6.45, 7) is 5.04. The molecule has 1 saturated heterocycles. The van der Waals surface area contributed by atoms with Crippen molar-refractivity contribution >= 4 is 56.9 Å². The van der Waals surface area contributed by atoms with Crippen molar-refractivity contribution in [1.82, 2.24) is 4.90 Å². The lowest BCUT2D eigenvalue weighted by molar-refractivity contribution is -0.150. The van der Waals surface area contributed by atoms with E-state index in [1.807, 2.05) is 0 Å². The number of methoxy groups -OCH3 is 1. The monoisotopic (exact) mass is 515 g/mol. The Hall–Kier alpha value is -2.53. The molecule has 0 saturated carbocycles. The minimum absolute atomic E-state index is 0.147. The van der Waals surface area contributed by atoms with Crippen LogP contribution in [0.3, 0.4) is 0 Å². The van der Waals surface area contributed by atoms with Gasteiger partial charge in [-0.1, -0.05) is 0 Å². The van der Waals surface area contributed by atoms with E-state index in [0.717, 1.165) is 16.7 Å². The first-order valence-corrected chi connectivity index (χ1v) is 10.9. The van der Waals surface area contributed by atoms with Gasteiger partial charge in [-0.25, -0.2) is 9.59 Å². The van der Waals surface area contributed by atoms with Gasteiger partial charge in [0.05, 0.1) is 29.7 Å². The number of hydrogen-bond acceptors (Lipinski definition) is 9. The van der Waals surface area contributed by atoms with Gasteiger partial charge in [-0.3, -0.25) is 14.5 Å². The fourth-order valence-electron chi connectivity index (χ4n) is 2.60. The molecule has 1 aliphatic heterocycles. The number of amides is 2. The van der Waals surface area contributed by atoms with E-state index in [2.05, 4.69) is 20.7 Å². The van der Waals surface area contributed by atoms with Crippen LogP contribution in [0.4, 0.5) is 4.79 Å². The van der Waals surface area contributed by atoms with Gasteiger partial charge in [-0.2, -0.15) is 0 Å². The van der Waals surface area contributed by atoms with Crippen LogP contribution in [0, 0.1) is 0 Å². The van der Waals surface area contributed by atoms with Gasteiger partial charge in [0.2, 0.25) is 0 Å². The topological polar surface area (TPSA) is 108 Å². The van der Waals surface area contributed by atoms with Gasteiger partial charge in [-0.05, 0) is 72.2 Å². The van der Waals surface area contributed by atoms with Gasteiger partial charge in [0, 0.05) is 0 Å². The molecule has 1 aliphatic rings. The Labute approximate surface area is 192 Å². The lowest BCUT2D eigenvalue weighted by atomic mass is 10.1. The number of rotatable bonds is 9. The molecular weight excluding hydrogens is 494 g/mol. The number of benzene rings is 1. The van der Waals surface area contributed by atoms with Crippen molar-refractivity contribution in [3.63, 3.8) is 0 Å². The van der Waals surface area contributed by atoms with E-state index in [9.17, 15) is 19.2 Å². The zero-order valence-corrected chi connectivity index (χ0v) is 19.8. The summed E-state index contributed by atoms with van der Waals surface area (Å²) in [6, 6.07) is 2.24. The number of ether oxygens (including phenoxy) is 4. The molecule has 0 bridgehead atoms. The second-order valence-electron chi connectivity index (χ2n) is 6.11. The largest absolute Gasteiger partial charge is 0.490 e. The molecule has 31 heavy (non-hydrogen) atoms. The Morgan fingerprint density at radius 2 is 1.90 bits per heavy atom. The second kappa shape index (κ2) is 11.2. The molecule has 0 spiro atoms. The molecule has 1 aromatic rings. The Bertz CT molecular complexity index is 917. The molecule has 0 N–H and O–H groups in total. The molecule has 9 nitrogen and oxygen atoms in total. The maximum Gasteiger partial charge on any atom is 0.343 e. The van der Waals surface area contributed by atoms with Gasteiger partial charge in [0.25, 0.3) is 11.1 Å². The summed E-state index contributed by atoms with van der Waals surface area (Å²) in [5, 5.41) is -0.557. The molecule has 168 valence electrons. The van der Waals surface area contributed by atoms with Crippen molar-refractivity contribution in [3.8, 4) is 11.5 Å². The lowest BCUT2D eigenvalue weighted by Crippen LogP contribution is -2.42. The number of carbonyl (C=O) groups excluding carboxylic acids is 4. The van der Waals surface area contributed by atoms with Crippen molar-refractivity contribution in [2.45, 2.75) is 26.8 Å². The maximum absolute atomic E-state index is 12.7. The lowest BCUT2D eigenvalue weighted by Gasteiger charge is -2.19. The average Bonchev–Trinajstić information content (AvgIpc) is 2.99. The number of esters is 2. The van der Waals surface area contributed by atoms with E-state index < -0.39 is 29.1 Å². The van der Waals surface area contributed by atoms with Crippen LogP contribution in [0.15, 0.2) is 21.5 Å². The van der Waals surface area contributed by atoms with Gasteiger partial charge in [0.1, 0.15) is 6.04 Å². The highest BCUT2D eigenvalue weighted by atomic mass is 79.9. The van der Waals surface area contributed by atoms with Crippen LogP contribution < -0.4 is 9.47 Å². The van der Waals surface area contributed by atoms with Crippen LogP contribution in [0.25, 0.3) is 6.08 Å². The summed E-state index contributed by atoms with van der Waals surface area (Å²) in [5.74, 6) is -1.16. The number of nitrogens with zero attached hydrogens (tertiary/aromatic N) is 1. The first-order chi connectivity index (χ1) is 14.7. The maximum atomic E-state index is 12.7. The summed E-state index contributed by atoms with van der Waals surface area (Å²) in [4.78, 5) is 49.4. The molecule has 0 radical (unpaired) electrons. The first kappa shape index (κ1) is 24.7. The Morgan fingerprint density at radius 3 is 2.52 bits per heavy atom. The molecule has 0 aromatic heterocycles. The average molecular weight is 516 g/mol. The van der Waals surface area contributed by atoms with Crippen molar-refractivity contribution < 1.29 is 38.1 Å². The molecule has 1 fully saturated rings. The zero-order valence-electron chi connectivity index (χ0n) is 17.4. The molecular formula is C20H22BrNO8S. The Morgan fingerprint density at radius 1 is 1.19 bits per heavy atom. The van der Waals surface area contributed by atoms with Crippen molar-refractivity contribution in [2.75, 3.05) is 26.9 Å². The normalized spacial score (nSPS) is 15.8. The van der Waals surface area contributed by atoms with E-state index in [1.54, 1.807) is 26.0 Å². The van der Waals surface area contributed by atoms with Crippen LogP contribution in [0.1, 0.15) is 26.3 Å². The minimum Gasteiger partial charge on any atom is -0.490 e. The van der Waals surface area contributed by atoms with Gasteiger partial charge < -0.3 is 18.9 Å². The van der Waals surface area contributed by atoms with Crippen LogP contribution in [0.2, 0.25) is 0 Å². The van der Waals surface area contributed by atoms with Crippen LogP contribution in [0.5, 0.6) is 11.5 Å². The molecule has 0 aliphatic carbocycles. The number of imide groups is 1. The van der Waals surface area contributed by atoms with E-state index in [1.165, 1.54) is 20.1 Å². The predicted octanol–water partition coefficient (Wildman–Crippen LogP) is 3.39. The highest BCUT2D eigenvalue weighted by Crippen LogP contribution is 2.39. The summed E-state index contributed by atoms with van der Waals surface area (Å²) in [7, 11) is 1.25. The predicted molar refractivity (Wildman–Crippen MR) is 117 cm³/mol. The van der Waals surface area contributed by atoms with Crippen molar-refractivity contribution in [3.05, 3.63) is 27.1 Å². The molecule has 1 heterocycles. The quantitative estimate of drug-likeness (QED) is 0.361. The standard InChI is InChI=1S/C20H22BrNO8S/c1-5-28-14-8-12(7-13(21)17(14)30-10-16(23)27-4)9-15-18(24)22(20(26)31-15)11(3)19(25)29-6-2/h7-9,11H,5-6,10H2,1-4H3/b15-9+/t11-/m0/s1. The number of thioether (sulfide) groups is 1.